The molecule has 1 aromatic carbocycles. The van der Waals surface area contributed by atoms with Gasteiger partial charge in [0, 0.05) is 44.1 Å². The van der Waals surface area contributed by atoms with Crippen molar-refractivity contribution in [2.24, 2.45) is 0 Å². The van der Waals surface area contributed by atoms with Gasteiger partial charge in [0.05, 0.1) is 12.3 Å². The third kappa shape index (κ3) is 5.94. The lowest BCUT2D eigenvalue weighted by Crippen LogP contribution is -2.25. The highest BCUT2D eigenvalue weighted by atomic mass is 32.2. The molecule has 1 amide bonds. The number of carbonyl (C=O) groups is 1. The summed E-state index contributed by atoms with van der Waals surface area (Å²) in [5.41, 5.74) is 2.73. The summed E-state index contributed by atoms with van der Waals surface area (Å²) < 4.78 is 5.25. The number of rotatable bonds is 10. The monoisotopic (exact) mass is 400 g/mol. The van der Waals surface area contributed by atoms with Crippen LogP contribution in [0.1, 0.15) is 47.8 Å². The summed E-state index contributed by atoms with van der Waals surface area (Å²) in [6.45, 7) is 3.56. The lowest BCUT2D eigenvalue weighted by Gasteiger charge is -2.18. The fourth-order valence-electron chi connectivity index (χ4n) is 2.79. The fourth-order valence-corrected chi connectivity index (χ4v) is 3.62. The number of benzene rings is 1. The van der Waals surface area contributed by atoms with Crippen LogP contribution < -0.4 is 10.2 Å². The van der Waals surface area contributed by atoms with Crippen LogP contribution in [-0.2, 0) is 17.1 Å². The Morgan fingerprint density at radius 2 is 2.04 bits per heavy atom. The molecule has 28 heavy (non-hydrogen) atoms. The molecule has 7 heteroatoms. The normalized spacial score (nSPS) is 13.4. The van der Waals surface area contributed by atoms with Crippen molar-refractivity contribution in [2.75, 3.05) is 25.6 Å². The number of carbonyl (C=O) groups excluding carboxylic acids is 1. The molecule has 0 aliphatic heterocycles. The lowest BCUT2D eigenvalue weighted by atomic mass is 10.1. The summed E-state index contributed by atoms with van der Waals surface area (Å²) in [6, 6.07) is 10.1. The molecule has 1 fully saturated rings. The van der Waals surface area contributed by atoms with Crippen molar-refractivity contribution in [3.8, 4) is 0 Å². The van der Waals surface area contributed by atoms with E-state index in [1.54, 1.807) is 18.9 Å². The Labute approximate surface area is 171 Å². The second-order valence-electron chi connectivity index (χ2n) is 7.09. The highest BCUT2D eigenvalue weighted by Gasteiger charge is 2.23. The van der Waals surface area contributed by atoms with E-state index >= 15 is 0 Å². The van der Waals surface area contributed by atoms with Crippen LogP contribution in [0, 0.1) is 0 Å². The van der Waals surface area contributed by atoms with Crippen LogP contribution in [0.2, 0.25) is 0 Å². The molecule has 0 atom stereocenters. The summed E-state index contributed by atoms with van der Waals surface area (Å²) in [5.74, 6) is 1.68. The Bertz CT molecular complexity index is 793. The van der Waals surface area contributed by atoms with Crippen molar-refractivity contribution in [1.82, 2.24) is 15.3 Å². The number of methoxy groups -OCH3 is 1. The number of hydrogen-bond donors (Lipinski definition) is 1. The Kier molecular flexibility index (Phi) is 7.28. The second kappa shape index (κ2) is 9.89. The summed E-state index contributed by atoms with van der Waals surface area (Å²) in [4.78, 5) is 23.5. The van der Waals surface area contributed by atoms with E-state index in [4.69, 9.17) is 9.72 Å². The average Bonchev–Trinajstić information content (AvgIpc) is 3.51. The van der Waals surface area contributed by atoms with Gasteiger partial charge in [-0.15, -0.1) is 0 Å². The van der Waals surface area contributed by atoms with Gasteiger partial charge in [0.15, 0.2) is 5.16 Å². The van der Waals surface area contributed by atoms with Gasteiger partial charge in [-0.1, -0.05) is 30.8 Å². The molecule has 6 nitrogen and oxygen atoms in total. The van der Waals surface area contributed by atoms with Crippen molar-refractivity contribution in [1.29, 1.82) is 0 Å². The predicted molar refractivity (Wildman–Crippen MR) is 113 cm³/mol. The topological polar surface area (TPSA) is 67.3 Å². The molecule has 0 saturated heterocycles. The van der Waals surface area contributed by atoms with Crippen LogP contribution in [0.25, 0.3) is 0 Å². The van der Waals surface area contributed by atoms with Crippen molar-refractivity contribution in [3.05, 3.63) is 47.2 Å². The summed E-state index contributed by atoms with van der Waals surface area (Å²) in [6.07, 6.45) is 3.25. The van der Waals surface area contributed by atoms with Gasteiger partial charge in [0.25, 0.3) is 5.91 Å². The molecule has 0 spiro atoms. The number of aromatic nitrogens is 2. The summed E-state index contributed by atoms with van der Waals surface area (Å²) >= 11 is 1.59. The average molecular weight is 401 g/mol. The van der Waals surface area contributed by atoms with Crippen molar-refractivity contribution in [3.63, 3.8) is 0 Å². The molecular formula is C21H28N4O2S. The minimum absolute atomic E-state index is 0.0147. The van der Waals surface area contributed by atoms with Crippen LogP contribution in [0.3, 0.4) is 0 Å². The van der Waals surface area contributed by atoms with E-state index in [-0.39, 0.29) is 5.91 Å². The van der Waals surface area contributed by atoms with E-state index in [0.717, 1.165) is 53.8 Å². The first-order chi connectivity index (χ1) is 13.6. The Hall–Kier alpha value is -2.12. The molecular weight excluding hydrogens is 372 g/mol. The molecule has 3 rings (SSSR count). The highest BCUT2D eigenvalue weighted by Crippen LogP contribution is 2.24. The van der Waals surface area contributed by atoms with E-state index < -0.39 is 0 Å². The molecule has 2 aromatic rings. The predicted octanol–water partition coefficient (Wildman–Crippen LogP) is 3.65. The number of nitrogens with zero attached hydrogens (tertiary/aromatic N) is 3. The smallest absolute Gasteiger partial charge is 0.251 e. The molecule has 0 radical (unpaired) electrons. The molecule has 1 aliphatic carbocycles. The molecule has 1 N–H and O–H groups in total. The van der Waals surface area contributed by atoms with Crippen molar-refractivity contribution >= 4 is 23.5 Å². The van der Waals surface area contributed by atoms with Gasteiger partial charge in [0.2, 0.25) is 0 Å². The van der Waals surface area contributed by atoms with E-state index in [0.29, 0.717) is 18.2 Å². The molecule has 0 bridgehead atoms. The maximum absolute atomic E-state index is 12.1. The molecule has 1 aliphatic rings. The van der Waals surface area contributed by atoms with Gasteiger partial charge in [0.1, 0.15) is 5.82 Å². The zero-order valence-corrected chi connectivity index (χ0v) is 17.6. The SMILES string of the molecule is CCCN(C)c1cc(COC)nc(SCc2ccc(C(=O)NC3CC3)cc2)n1. The molecule has 1 saturated carbocycles. The zero-order chi connectivity index (χ0) is 19.9. The molecule has 0 unspecified atom stereocenters. The largest absolute Gasteiger partial charge is 0.378 e. The third-order valence-corrected chi connectivity index (χ3v) is 5.40. The van der Waals surface area contributed by atoms with Gasteiger partial charge in [-0.25, -0.2) is 9.97 Å². The summed E-state index contributed by atoms with van der Waals surface area (Å²) in [5, 5.41) is 3.75. The van der Waals surface area contributed by atoms with Gasteiger partial charge < -0.3 is 15.0 Å². The first kappa shape index (κ1) is 20.6. The van der Waals surface area contributed by atoms with Gasteiger partial charge in [-0.3, -0.25) is 4.79 Å². The first-order valence-electron chi connectivity index (χ1n) is 9.69. The van der Waals surface area contributed by atoms with E-state index in [1.165, 1.54) is 0 Å². The molecule has 1 aromatic heterocycles. The van der Waals surface area contributed by atoms with E-state index in [9.17, 15) is 4.79 Å². The van der Waals surface area contributed by atoms with E-state index in [1.807, 2.05) is 37.4 Å². The van der Waals surface area contributed by atoms with Gasteiger partial charge in [-0.05, 0) is 37.0 Å². The quantitative estimate of drug-likeness (QED) is 0.485. The fraction of sp³-hybridized carbons (Fsp3) is 0.476. The van der Waals surface area contributed by atoms with Crippen LogP contribution in [-0.4, -0.2) is 42.6 Å². The number of thioether (sulfide) groups is 1. The first-order valence-corrected chi connectivity index (χ1v) is 10.7. The van der Waals surface area contributed by atoms with Gasteiger partial charge >= 0.3 is 0 Å². The standard InChI is InChI=1S/C21H28N4O2S/c1-4-11-25(2)19-12-18(13-27-3)23-21(24-19)28-14-15-5-7-16(8-6-15)20(26)22-17-9-10-17/h5-8,12,17H,4,9-11,13-14H2,1-3H3,(H,22,26). The molecule has 150 valence electrons. The number of ether oxygens (including phenoxy) is 1. The maximum atomic E-state index is 12.1. The summed E-state index contributed by atoms with van der Waals surface area (Å²) in [7, 11) is 3.72. The minimum Gasteiger partial charge on any atom is -0.378 e. The van der Waals surface area contributed by atoms with Crippen LogP contribution >= 0.6 is 11.8 Å². The number of anilines is 1. The maximum Gasteiger partial charge on any atom is 0.251 e. The Balaban J connectivity index is 1.64. The number of hydrogen-bond acceptors (Lipinski definition) is 6. The van der Waals surface area contributed by atoms with Gasteiger partial charge in [-0.2, -0.15) is 0 Å². The minimum atomic E-state index is 0.0147. The zero-order valence-electron chi connectivity index (χ0n) is 16.8. The van der Waals surface area contributed by atoms with Crippen LogP contribution in [0.15, 0.2) is 35.5 Å². The Morgan fingerprint density at radius 3 is 2.68 bits per heavy atom. The Morgan fingerprint density at radius 1 is 1.29 bits per heavy atom. The van der Waals surface area contributed by atoms with Crippen LogP contribution in [0.5, 0.6) is 0 Å². The molecule has 1 heterocycles. The third-order valence-electron chi connectivity index (χ3n) is 4.48. The van der Waals surface area contributed by atoms with Crippen molar-refractivity contribution in [2.45, 2.75) is 49.7 Å². The van der Waals surface area contributed by atoms with E-state index in [2.05, 4.69) is 22.1 Å². The number of amides is 1. The second-order valence-corrected chi connectivity index (χ2v) is 8.03. The lowest BCUT2D eigenvalue weighted by molar-refractivity contribution is 0.0951. The number of nitrogens with one attached hydrogen (secondary N) is 1. The highest BCUT2D eigenvalue weighted by molar-refractivity contribution is 7.98. The van der Waals surface area contributed by atoms with Crippen LogP contribution in [0.4, 0.5) is 5.82 Å². The van der Waals surface area contributed by atoms with Crippen molar-refractivity contribution < 1.29 is 9.53 Å².